The van der Waals surface area contributed by atoms with Crippen LogP contribution in [0.1, 0.15) is 24.1 Å². The predicted octanol–water partition coefficient (Wildman–Crippen LogP) is 4.37. The van der Waals surface area contributed by atoms with E-state index in [1.54, 1.807) is 12.1 Å². The molecule has 0 bridgehead atoms. The molecule has 2 rings (SSSR count). The first-order valence-corrected chi connectivity index (χ1v) is 6.81. The summed E-state index contributed by atoms with van der Waals surface area (Å²) >= 11 is 6.09. The molecule has 3 heteroatoms. The van der Waals surface area contributed by atoms with Crippen molar-refractivity contribution < 1.29 is 4.39 Å². The maximum absolute atomic E-state index is 13.9. The highest BCUT2D eigenvalue weighted by Gasteiger charge is 2.15. The molecule has 0 aliphatic heterocycles. The zero-order valence-electron chi connectivity index (χ0n) is 10.9. The first-order chi connectivity index (χ1) is 9.22. The largest absolute Gasteiger partial charge is 0.310 e. The van der Waals surface area contributed by atoms with E-state index in [0.717, 1.165) is 12.1 Å². The van der Waals surface area contributed by atoms with Crippen molar-refractivity contribution in [3.8, 4) is 0 Å². The summed E-state index contributed by atoms with van der Waals surface area (Å²) in [5.41, 5.74) is 1.71. The van der Waals surface area contributed by atoms with Crippen molar-refractivity contribution in [2.75, 3.05) is 6.54 Å². The second-order valence-corrected chi connectivity index (χ2v) is 4.83. The SMILES string of the molecule is CCNC(Cc1c(F)cccc1Cl)c1ccccc1. The fourth-order valence-corrected chi connectivity index (χ4v) is 2.41. The van der Waals surface area contributed by atoms with Crippen LogP contribution in [0.5, 0.6) is 0 Å². The van der Waals surface area contributed by atoms with E-state index in [0.29, 0.717) is 17.0 Å². The van der Waals surface area contributed by atoms with Gasteiger partial charge in [-0.05, 0) is 30.7 Å². The standard InChI is InChI=1S/C16H17ClFN/c1-2-19-16(12-7-4-3-5-8-12)11-13-14(17)9-6-10-15(13)18/h3-10,16,19H,2,11H2,1H3. The third kappa shape index (κ3) is 3.55. The molecule has 1 N–H and O–H groups in total. The van der Waals surface area contributed by atoms with Crippen molar-refractivity contribution >= 4 is 11.6 Å². The van der Waals surface area contributed by atoms with Gasteiger partial charge in [0.2, 0.25) is 0 Å². The van der Waals surface area contributed by atoms with Crippen molar-refractivity contribution in [1.82, 2.24) is 5.32 Å². The maximum atomic E-state index is 13.9. The summed E-state index contributed by atoms with van der Waals surface area (Å²) in [4.78, 5) is 0. The monoisotopic (exact) mass is 277 g/mol. The molecule has 2 aromatic carbocycles. The Kier molecular flexibility index (Phi) is 4.94. The van der Waals surface area contributed by atoms with Gasteiger partial charge in [0, 0.05) is 16.6 Å². The third-order valence-electron chi connectivity index (χ3n) is 3.12. The Hall–Kier alpha value is -1.38. The molecule has 0 saturated heterocycles. The van der Waals surface area contributed by atoms with Crippen molar-refractivity contribution in [2.45, 2.75) is 19.4 Å². The van der Waals surface area contributed by atoms with Crippen LogP contribution in [0.15, 0.2) is 48.5 Å². The minimum Gasteiger partial charge on any atom is -0.310 e. The van der Waals surface area contributed by atoms with Crippen LogP contribution in [0, 0.1) is 5.82 Å². The molecular weight excluding hydrogens is 261 g/mol. The van der Waals surface area contributed by atoms with Gasteiger partial charge in [-0.15, -0.1) is 0 Å². The molecule has 0 aromatic heterocycles. The van der Waals surface area contributed by atoms with E-state index in [1.807, 2.05) is 37.3 Å². The Morgan fingerprint density at radius 2 is 1.84 bits per heavy atom. The topological polar surface area (TPSA) is 12.0 Å². The molecule has 1 nitrogen and oxygen atoms in total. The van der Waals surface area contributed by atoms with Crippen LogP contribution in [0.25, 0.3) is 0 Å². The summed E-state index contributed by atoms with van der Waals surface area (Å²) in [6.45, 7) is 2.87. The molecule has 0 spiro atoms. The zero-order chi connectivity index (χ0) is 13.7. The number of rotatable bonds is 5. The minimum atomic E-state index is -0.244. The summed E-state index contributed by atoms with van der Waals surface area (Å²) in [7, 11) is 0. The summed E-state index contributed by atoms with van der Waals surface area (Å²) < 4.78 is 13.9. The van der Waals surface area contributed by atoms with E-state index >= 15 is 0 Å². The number of hydrogen-bond acceptors (Lipinski definition) is 1. The maximum Gasteiger partial charge on any atom is 0.127 e. The lowest BCUT2D eigenvalue weighted by molar-refractivity contribution is 0.528. The van der Waals surface area contributed by atoms with Crippen molar-refractivity contribution in [3.05, 3.63) is 70.5 Å². The van der Waals surface area contributed by atoms with E-state index in [1.165, 1.54) is 6.07 Å². The molecule has 0 aliphatic rings. The molecule has 1 atom stereocenters. The average Bonchev–Trinajstić information content (AvgIpc) is 2.43. The van der Waals surface area contributed by atoms with Gasteiger partial charge in [-0.25, -0.2) is 4.39 Å². The fourth-order valence-electron chi connectivity index (χ4n) is 2.17. The van der Waals surface area contributed by atoms with Gasteiger partial charge in [-0.1, -0.05) is 54.9 Å². The Morgan fingerprint density at radius 3 is 2.47 bits per heavy atom. The average molecular weight is 278 g/mol. The molecule has 0 heterocycles. The zero-order valence-corrected chi connectivity index (χ0v) is 11.6. The Bertz CT molecular complexity index is 507. The lowest BCUT2D eigenvalue weighted by atomic mass is 9.98. The second kappa shape index (κ2) is 6.69. The second-order valence-electron chi connectivity index (χ2n) is 4.43. The van der Waals surface area contributed by atoms with Gasteiger partial charge in [-0.2, -0.15) is 0 Å². The third-order valence-corrected chi connectivity index (χ3v) is 3.48. The molecule has 100 valence electrons. The van der Waals surface area contributed by atoms with Gasteiger partial charge in [0.15, 0.2) is 0 Å². The number of hydrogen-bond donors (Lipinski definition) is 1. The summed E-state index contributed by atoms with van der Waals surface area (Å²) in [5, 5.41) is 3.86. The summed E-state index contributed by atoms with van der Waals surface area (Å²) in [5.74, 6) is -0.244. The van der Waals surface area contributed by atoms with E-state index in [2.05, 4.69) is 5.32 Å². The van der Waals surface area contributed by atoms with Gasteiger partial charge < -0.3 is 5.32 Å². The first-order valence-electron chi connectivity index (χ1n) is 6.43. The van der Waals surface area contributed by atoms with Crippen molar-refractivity contribution in [1.29, 1.82) is 0 Å². The van der Waals surface area contributed by atoms with Crippen LogP contribution in [-0.4, -0.2) is 6.54 Å². The Morgan fingerprint density at radius 1 is 1.11 bits per heavy atom. The minimum absolute atomic E-state index is 0.0700. The van der Waals surface area contributed by atoms with Crippen molar-refractivity contribution in [3.63, 3.8) is 0 Å². The smallest absolute Gasteiger partial charge is 0.127 e. The van der Waals surface area contributed by atoms with Gasteiger partial charge in [0.05, 0.1) is 0 Å². The van der Waals surface area contributed by atoms with E-state index in [-0.39, 0.29) is 11.9 Å². The molecule has 0 aliphatic carbocycles. The molecule has 1 unspecified atom stereocenters. The normalized spacial score (nSPS) is 12.4. The number of likely N-dealkylation sites (N-methyl/N-ethyl adjacent to an activating group) is 1. The molecular formula is C16H17ClFN. The van der Waals surface area contributed by atoms with Crippen LogP contribution in [0.4, 0.5) is 4.39 Å². The number of halogens is 2. The molecule has 0 fully saturated rings. The molecule has 19 heavy (non-hydrogen) atoms. The Labute approximate surface area is 118 Å². The quantitative estimate of drug-likeness (QED) is 0.856. The van der Waals surface area contributed by atoms with Gasteiger partial charge in [0.1, 0.15) is 5.82 Å². The molecule has 0 amide bonds. The van der Waals surface area contributed by atoms with Crippen LogP contribution in [0.3, 0.4) is 0 Å². The predicted molar refractivity (Wildman–Crippen MR) is 78.0 cm³/mol. The van der Waals surface area contributed by atoms with E-state index < -0.39 is 0 Å². The fraction of sp³-hybridized carbons (Fsp3) is 0.250. The molecule has 0 saturated carbocycles. The van der Waals surface area contributed by atoms with Gasteiger partial charge >= 0.3 is 0 Å². The first kappa shape index (κ1) is 14.0. The lowest BCUT2D eigenvalue weighted by Gasteiger charge is -2.19. The summed E-state index contributed by atoms with van der Waals surface area (Å²) in [6.07, 6.45) is 0.545. The number of benzene rings is 2. The molecule has 0 radical (unpaired) electrons. The van der Waals surface area contributed by atoms with Crippen LogP contribution >= 0.6 is 11.6 Å². The number of nitrogens with one attached hydrogen (secondary N) is 1. The molecule has 2 aromatic rings. The lowest BCUT2D eigenvalue weighted by Crippen LogP contribution is -2.23. The Balaban J connectivity index is 2.27. The van der Waals surface area contributed by atoms with E-state index in [9.17, 15) is 4.39 Å². The van der Waals surface area contributed by atoms with Gasteiger partial charge in [-0.3, -0.25) is 0 Å². The highest BCUT2D eigenvalue weighted by molar-refractivity contribution is 6.31. The van der Waals surface area contributed by atoms with Crippen LogP contribution in [0.2, 0.25) is 5.02 Å². The summed E-state index contributed by atoms with van der Waals surface area (Å²) in [6, 6.07) is 14.9. The van der Waals surface area contributed by atoms with Crippen molar-refractivity contribution in [2.24, 2.45) is 0 Å². The van der Waals surface area contributed by atoms with E-state index in [4.69, 9.17) is 11.6 Å². The van der Waals surface area contributed by atoms with Crippen LogP contribution < -0.4 is 5.32 Å². The van der Waals surface area contributed by atoms with Crippen LogP contribution in [-0.2, 0) is 6.42 Å². The van der Waals surface area contributed by atoms with Gasteiger partial charge in [0.25, 0.3) is 0 Å². The highest BCUT2D eigenvalue weighted by atomic mass is 35.5. The highest BCUT2D eigenvalue weighted by Crippen LogP contribution is 2.25.